The van der Waals surface area contributed by atoms with Gasteiger partial charge in [-0.1, -0.05) is 32.0 Å². The maximum atomic E-state index is 12.9. The number of hydrogen-bond acceptors (Lipinski definition) is 5. The summed E-state index contributed by atoms with van der Waals surface area (Å²) >= 11 is 1.39. The number of carbonyl (C=O) groups is 2. The molecule has 6 nitrogen and oxygen atoms in total. The zero-order chi connectivity index (χ0) is 21.2. The Labute approximate surface area is 175 Å². The quantitative estimate of drug-likeness (QED) is 0.726. The minimum atomic E-state index is -3.70. The van der Waals surface area contributed by atoms with Crippen molar-refractivity contribution >= 4 is 44.8 Å². The second-order valence-electron chi connectivity index (χ2n) is 7.09. The fourth-order valence-corrected chi connectivity index (χ4v) is 5.59. The van der Waals surface area contributed by atoms with Crippen LogP contribution in [0.1, 0.15) is 26.3 Å². The summed E-state index contributed by atoms with van der Waals surface area (Å²) in [5.41, 5.74) is 2.19. The van der Waals surface area contributed by atoms with Crippen LogP contribution in [0.15, 0.2) is 52.3 Å². The largest absolute Gasteiger partial charge is 0.326 e. The fraction of sp³-hybridized carbons (Fsp3) is 0.333. The van der Waals surface area contributed by atoms with Gasteiger partial charge in [-0.3, -0.25) is 9.59 Å². The molecule has 3 rings (SSSR count). The van der Waals surface area contributed by atoms with Gasteiger partial charge in [-0.25, -0.2) is 8.42 Å². The molecule has 8 heteroatoms. The van der Waals surface area contributed by atoms with Crippen LogP contribution in [0.25, 0.3) is 0 Å². The monoisotopic (exact) mass is 432 g/mol. The molecule has 0 saturated heterocycles. The van der Waals surface area contributed by atoms with Crippen molar-refractivity contribution in [2.45, 2.75) is 42.2 Å². The Kier molecular flexibility index (Phi) is 6.33. The number of carbonyl (C=O) groups excluding carboxylic acids is 2. The lowest BCUT2D eigenvalue weighted by Crippen LogP contribution is -2.28. The highest BCUT2D eigenvalue weighted by molar-refractivity contribution is 8.01. The second kappa shape index (κ2) is 8.59. The normalized spacial score (nSPS) is 17.2. The Hall–Kier alpha value is -2.32. The molecule has 0 spiro atoms. The Morgan fingerprint density at radius 2 is 1.97 bits per heavy atom. The molecular formula is C21H24N2O4S2. The Morgan fingerprint density at radius 1 is 1.24 bits per heavy atom. The summed E-state index contributed by atoms with van der Waals surface area (Å²) in [4.78, 5) is 25.4. The van der Waals surface area contributed by atoms with Crippen LogP contribution >= 0.6 is 11.8 Å². The van der Waals surface area contributed by atoms with Crippen LogP contribution in [-0.4, -0.2) is 31.2 Å². The van der Waals surface area contributed by atoms with Crippen LogP contribution in [-0.2, 0) is 25.8 Å². The van der Waals surface area contributed by atoms with E-state index in [1.165, 1.54) is 23.9 Å². The first kappa shape index (κ1) is 21.4. The predicted octanol–water partition coefficient (Wildman–Crippen LogP) is 3.73. The van der Waals surface area contributed by atoms with Crippen molar-refractivity contribution in [3.05, 3.63) is 48.0 Å². The van der Waals surface area contributed by atoms with E-state index in [4.69, 9.17) is 0 Å². The zero-order valence-corrected chi connectivity index (χ0v) is 18.2. The Morgan fingerprint density at radius 3 is 2.69 bits per heavy atom. The molecule has 0 aliphatic carbocycles. The van der Waals surface area contributed by atoms with Crippen LogP contribution in [0, 0.1) is 5.92 Å². The number of thioether (sulfide) groups is 1. The van der Waals surface area contributed by atoms with Gasteiger partial charge < -0.3 is 10.6 Å². The van der Waals surface area contributed by atoms with Crippen molar-refractivity contribution in [1.29, 1.82) is 0 Å². The molecule has 2 N–H and O–H groups in total. The second-order valence-corrected chi connectivity index (χ2v) is 10.5. The lowest BCUT2D eigenvalue weighted by molar-refractivity contribution is -0.119. The van der Waals surface area contributed by atoms with Crippen molar-refractivity contribution in [2.75, 3.05) is 16.4 Å². The van der Waals surface area contributed by atoms with E-state index in [1.54, 1.807) is 19.9 Å². The van der Waals surface area contributed by atoms with Crippen LogP contribution in [0.2, 0.25) is 0 Å². The van der Waals surface area contributed by atoms with Crippen molar-refractivity contribution < 1.29 is 18.0 Å². The molecule has 2 amide bonds. The summed E-state index contributed by atoms with van der Waals surface area (Å²) in [5.74, 6) is -1.54. The molecule has 1 aliphatic rings. The first-order chi connectivity index (χ1) is 13.7. The predicted molar refractivity (Wildman–Crippen MR) is 116 cm³/mol. The van der Waals surface area contributed by atoms with E-state index in [1.807, 2.05) is 31.2 Å². The zero-order valence-electron chi connectivity index (χ0n) is 16.6. The Bertz CT molecular complexity index is 1050. The van der Waals surface area contributed by atoms with Gasteiger partial charge in [0.1, 0.15) is 0 Å². The van der Waals surface area contributed by atoms with Crippen LogP contribution in [0.5, 0.6) is 0 Å². The summed E-state index contributed by atoms with van der Waals surface area (Å²) in [6.45, 7) is 5.39. The number of benzene rings is 2. The van der Waals surface area contributed by atoms with E-state index in [0.717, 1.165) is 16.9 Å². The number of hydrogen-bond donors (Lipinski definition) is 2. The van der Waals surface area contributed by atoms with Crippen LogP contribution in [0.4, 0.5) is 11.4 Å². The van der Waals surface area contributed by atoms with E-state index in [9.17, 15) is 18.0 Å². The molecule has 0 radical (unpaired) electrons. The van der Waals surface area contributed by atoms with Crippen molar-refractivity contribution in [3.63, 3.8) is 0 Å². The number of fused-ring (bicyclic) bond motifs is 1. The van der Waals surface area contributed by atoms with Crippen LogP contribution < -0.4 is 10.6 Å². The topological polar surface area (TPSA) is 92.3 Å². The van der Waals surface area contributed by atoms with Gasteiger partial charge in [-0.2, -0.15) is 0 Å². The third-order valence-electron chi connectivity index (χ3n) is 4.81. The van der Waals surface area contributed by atoms with E-state index in [0.29, 0.717) is 11.4 Å². The molecule has 0 aromatic heterocycles. The number of amides is 2. The van der Waals surface area contributed by atoms with E-state index in [2.05, 4.69) is 10.6 Å². The third-order valence-corrected chi connectivity index (χ3v) is 7.90. The molecule has 0 fully saturated rings. The molecule has 154 valence electrons. The number of anilines is 2. The van der Waals surface area contributed by atoms with Gasteiger partial charge in [0.05, 0.1) is 21.6 Å². The average molecular weight is 433 g/mol. The van der Waals surface area contributed by atoms with Gasteiger partial charge in [0.2, 0.25) is 11.8 Å². The highest BCUT2D eigenvalue weighted by Gasteiger charge is 2.27. The molecule has 29 heavy (non-hydrogen) atoms. The molecule has 1 heterocycles. The van der Waals surface area contributed by atoms with Gasteiger partial charge in [0.15, 0.2) is 9.84 Å². The van der Waals surface area contributed by atoms with Gasteiger partial charge in [0, 0.05) is 16.5 Å². The minimum Gasteiger partial charge on any atom is -0.326 e. The van der Waals surface area contributed by atoms with Gasteiger partial charge >= 0.3 is 0 Å². The maximum Gasteiger partial charge on any atom is 0.237 e. The smallest absolute Gasteiger partial charge is 0.237 e. The highest BCUT2D eigenvalue weighted by Crippen LogP contribution is 2.37. The summed E-state index contributed by atoms with van der Waals surface area (Å²) in [5, 5.41) is 5.35. The maximum absolute atomic E-state index is 12.9. The summed E-state index contributed by atoms with van der Waals surface area (Å²) < 4.78 is 25.7. The number of nitrogens with one attached hydrogen (secondary N) is 2. The molecule has 1 aliphatic heterocycles. The molecule has 2 atom stereocenters. The number of aryl methyl sites for hydroxylation is 1. The first-order valence-electron chi connectivity index (χ1n) is 9.44. The summed E-state index contributed by atoms with van der Waals surface area (Å²) in [6, 6.07) is 12.2. The third kappa shape index (κ3) is 4.82. The van der Waals surface area contributed by atoms with Gasteiger partial charge in [-0.15, -0.1) is 11.8 Å². The fourth-order valence-electron chi connectivity index (χ4n) is 3.09. The number of rotatable bonds is 6. The van der Waals surface area contributed by atoms with Crippen molar-refractivity contribution in [3.8, 4) is 0 Å². The van der Waals surface area contributed by atoms with E-state index in [-0.39, 0.29) is 27.7 Å². The molecule has 0 unspecified atom stereocenters. The van der Waals surface area contributed by atoms with E-state index < -0.39 is 15.8 Å². The molecule has 0 saturated carbocycles. The van der Waals surface area contributed by atoms with Gasteiger partial charge in [0.25, 0.3) is 0 Å². The molecular weight excluding hydrogens is 408 g/mol. The summed E-state index contributed by atoms with van der Waals surface area (Å²) in [7, 11) is -3.70. The average Bonchev–Trinajstić information content (AvgIpc) is 2.68. The van der Waals surface area contributed by atoms with Crippen molar-refractivity contribution in [1.82, 2.24) is 0 Å². The Balaban J connectivity index is 1.74. The number of para-hydroxylation sites is 1. The van der Waals surface area contributed by atoms with Crippen LogP contribution in [0.3, 0.4) is 0 Å². The molecule has 2 aromatic rings. The number of sulfone groups is 1. The first-order valence-corrected chi connectivity index (χ1v) is 12.0. The van der Waals surface area contributed by atoms with E-state index >= 15 is 0 Å². The lowest BCUT2D eigenvalue weighted by atomic mass is 10.1. The minimum absolute atomic E-state index is 0.0975. The summed E-state index contributed by atoms with van der Waals surface area (Å²) in [6.07, 6.45) is 0.764. The highest BCUT2D eigenvalue weighted by atomic mass is 32.2. The molecule has 2 aromatic carbocycles. The molecule has 0 bridgehead atoms. The lowest BCUT2D eigenvalue weighted by Gasteiger charge is -2.22. The van der Waals surface area contributed by atoms with Crippen molar-refractivity contribution in [2.24, 2.45) is 5.92 Å². The standard InChI is InChI=1S/C21H24N2O4S2/c1-4-15-7-5-6-8-17(15)22-20(24)13(2)12-29(26,27)16-9-10-19-18(11-16)23-21(25)14(3)28-19/h5-11,13-14H,4,12H2,1-3H3,(H,22,24)(H,23,25)/t13-,14-/m1/s1. The van der Waals surface area contributed by atoms with Gasteiger partial charge in [-0.05, 0) is 43.2 Å². The SMILES string of the molecule is CCc1ccccc1NC(=O)[C@H](C)CS(=O)(=O)c1ccc2c(c1)NC(=O)[C@@H](C)S2.